The zero-order valence-corrected chi connectivity index (χ0v) is 13.7. The number of sulfonamides is 1. The molecule has 0 bridgehead atoms. The SMILES string of the molecule is O=C1CCc2cc(S(=O)(=O)NCC3CCCO3)cc3c2N1CC3. The van der Waals surface area contributed by atoms with Crippen LogP contribution in [0, 0.1) is 0 Å². The van der Waals surface area contributed by atoms with Crippen LogP contribution >= 0.6 is 0 Å². The average Bonchev–Trinajstić information content (AvgIpc) is 3.19. The van der Waals surface area contributed by atoms with Crippen molar-refractivity contribution in [2.75, 3.05) is 24.6 Å². The largest absolute Gasteiger partial charge is 0.377 e. The van der Waals surface area contributed by atoms with Crippen LogP contribution < -0.4 is 9.62 Å². The predicted molar refractivity (Wildman–Crippen MR) is 85.0 cm³/mol. The molecule has 0 radical (unpaired) electrons. The van der Waals surface area contributed by atoms with Crippen molar-refractivity contribution in [2.24, 2.45) is 0 Å². The van der Waals surface area contributed by atoms with E-state index in [2.05, 4.69) is 4.72 Å². The summed E-state index contributed by atoms with van der Waals surface area (Å²) < 4.78 is 33.3. The minimum atomic E-state index is -3.54. The molecule has 7 heteroatoms. The van der Waals surface area contributed by atoms with Gasteiger partial charge in [0.05, 0.1) is 16.7 Å². The Kier molecular flexibility index (Phi) is 3.66. The molecule has 23 heavy (non-hydrogen) atoms. The molecular weight excluding hydrogens is 316 g/mol. The van der Waals surface area contributed by atoms with Crippen LogP contribution in [0.4, 0.5) is 5.69 Å². The predicted octanol–water partition coefficient (Wildman–Crippen LogP) is 0.979. The Morgan fingerprint density at radius 2 is 2.00 bits per heavy atom. The number of aryl methyl sites for hydroxylation is 1. The van der Waals surface area contributed by atoms with Crippen molar-refractivity contribution >= 4 is 21.6 Å². The van der Waals surface area contributed by atoms with Gasteiger partial charge in [0, 0.05) is 26.1 Å². The van der Waals surface area contributed by atoms with Crippen LogP contribution in [0.3, 0.4) is 0 Å². The van der Waals surface area contributed by atoms with Crippen LogP contribution in [0.1, 0.15) is 30.4 Å². The molecule has 124 valence electrons. The van der Waals surface area contributed by atoms with Gasteiger partial charge in [0.1, 0.15) is 0 Å². The fourth-order valence-corrected chi connectivity index (χ4v) is 4.84. The third kappa shape index (κ3) is 2.66. The van der Waals surface area contributed by atoms with Crippen molar-refractivity contribution in [3.05, 3.63) is 23.3 Å². The lowest BCUT2D eigenvalue weighted by atomic mass is 10.00. The number of hydrogen-bond acceptors (Lipinski definition) is 4. The molecule has 1 fully saturated rings. The molecule has 3 aliphatic rings. The number of carbonyl (C=O) groups excluding carboxylic acids is 1. The Morgan fingerprint density at radius 3 is 2.74 bits per heavy atom. The molecular formula is C16H20N2O4S. The van der Waals surface area contributed by atoms with Crippen LogP contribution in [-0.4, -0.2) is 40.1 Å². The van der Waals surface area contributed by atoms with Crippen molar-refractivity contribution in [1.82, 2.24) is 4.72 Å². The molecule has 1 amide bonds. The van der Waals surface area contributed by atoms with E-state index in [9.17, 15) is 13.2 Å². The summed E-state index contributed by atoms with van der Waals surface area (Å²) in [5, 5.41) is 0. The number of hydrogen-bond donors (Lipinski definition) is 1. The third-order valence-electron chi connectivity index (χ3n) is 4.86. The minimum absolute atomic E-state index is 0.0225. The number of ether oxygens (including phenoxy) is 1. The number of amides is 1. The summed E-state index contributed by atoms with van der Waals surface area (Å²) in [6.45, 7) is 1.69. The molecule has 3 aliphatic heterocycles. The van der Waals surface area contributed by atoms with Gasteiger partial charge in [-0.1, -0.05) is 0 Å². The summed E-state index contributed by atoms with van der Waals surface area (Å²) in [6, 6.07) is 3.44. The molecule has 1 atom stereocenters. The first-order valence-electron chi connectivity index (χ1n) is 8.12. The van der Waals surface area contributed by atoms with Crippen molar-refractivity contribution in [3.63, 3.8) is 0 Å². The molecule has 6 nitrogen and oxygen atoms in total. The van der Waals surface area contributed by atoms with E-state index in [0.717, 1.165) is 36.1 Å². The van der Waals surface area contributed by atoms with Gasteiger partial charge >= 0.3 is 0 Å². The van der Waals surface area contributed by atoms with Gasteiger partial charge in [-0.2, -0.15) is 0 Å². The Bertz CT molecular complexity index is 754. The topological polar surface area (TPSA) is 75.7 Å². The lowest BCUT2D eigenvalue weighted by molar-refractivity contribution is -0.118. The molecule has 1 N–H and O–H groups in total. The molecule has 0 spiro atoms. The lowest BCUT2D eigenvalue weighted by Crippen LogP contribution is -2.33. The number of anilines is 1. The van der Waals surface area contributed by atoms with Gasteiger partial charge in [0.15, 0.2) is 0 Å². The molecule has 0 aliphatic carbocycles. The Hall–Kier alpha value is -1.44. The average molecular weight is 336 g/mol. The summed E-state index contributed by atoms with van der Waals surface area (Å²) >= 11 is 0. The molecule has 3 heterocycles. The van der Waals surface area contributed by atoms with Crippen LogP contribution in [0.25, 0.3) is 0 Å². The Morgan fingerprint density at radius 1 is 1.22 bits per heavy atom. The second-order valence-electron chi connectivity index (χ2n) is 6.37. The maximum absolute atomic E-state index is 12.6. The van der Waals surface area contributed by atoms with Gasteiger partial charge in [-0.05, 0) is 48.9 Å². The summed E-state index contributed by atoms with van der Waals surface area (Å²) in [7, 11) is -3.54. The van der Waals surface area contributed by atoms with Gasteiger partial charge in [-0.25, -0.2) is 13.1 Å². The quantitative estimate of drug-likeness (QED) is 0.889. The first kappa shape index (κ1) is 15.1. The Labute approximate surface area is 135 Å². The fourth-order valence-electron chi connectivity index (χ4n) is 3.67. The smallest absolute Gasteiger partial charge is 0.240 e. The fraction of sp³-hybridized carbons (Fsp3) is 0.562. The summed E-state index contributed by atoms with van der Waals surface area (Å²) in [5.41, 5.74) is 2.88. The first-order chi connectivity index (χ1) is 11.0. The first-order valence-corrected chi connectivity index (χ1v) is 9.60. The lowest BCUT2D eigenvalue weighted by Gasteiger charge is -2.25. The molecule has 1 aromatic rings. The highest BCUT2D eigenvalue weighted by Gasteiger charge is 2.33. The highest BCUT2D eigenvalue weighted by atomic mass is 32.2. The third-order valence-corrected chi connectivity index (χ3v) is 6.26. The van der Waals surface area contributed by atoms with E-state index in [4.69, 9.17) is 4.74 Å². The van der Waals surface area contributed by atoms with E-state index >= 15 is 0 Å². The van der Waals surface area contributed by atoms with Gasteiger partial charge in [0.25, 0.3) is 0 Å². The number of rotatable bonds is 4. The highest BCUT2D eigenvalue weighted by Crippen LogP contribution is 2.38. The summed E-state index contributed by atoms with van der Waals surface area (Å²) in [6.07, 6.45) is 3.66. The number of benzene rings is 1. The van der Waals surface area contributed by atoms with Crippen molar-refractivity contribution in [3.8, 4) is 0 Å². The van der Waals surface area contributed by atoms with Crippen LogP contribution in [0.5, 0.6) is 0 Å². The van der Waals surface area contributed by atoms with E-state index in [1.807, 2.05) is 0 Å². The molecule has 4 rings (SSSR count). The highest BCUT2D eigenvalue weighted by molar-refractivity contribution is 7.89. The van der Waals surface area contributed by atoms with Crippen molar-refractivity contribution in [1.29, 1.82) is 0 Å². The van der Waals surface area contributed by atoms with Crippen LogP contribution in [0.2, 0.25) is 0 Å². The number of nitrogens with one attached hydrogen (secondary N) is 1. The summed E-state index contributed by atoms with van der Waals surface area (Å²) in [4.78, 5) is 14.0. The number of nitrogens with zero attached hydrogens (tertiary/aromatic N) is 1. The minimum Gasteiger partial charge on any atom is -0.377 e. The van der Waals surface area contributed by atoms with Gasteiger partial charge in [0.2, 0.25) is 15.9 Å². The second-order valence-corrected chi connectivity index (χ2v) is 8.14. The van der Waals surface area contributed by atoms with E-state index < -0.39 is 10.0 Å². The normalized spacial score (nSPS) is 23.4. The van der Waals surface area contributed by atoms with Crippen molar-refractivity contribution < 1.29 is 17.9 Å². The number of carbonyl (C=O) groups is 1. The zero-order chi connectivity index (χ0) is 16.0. The van der Waals surface area contributed by atoms with Gasteiger partial charge < -0.3 is 9.64 Å². The molecule has 1 aromatic carbocycles. The zero-order valence-electron chi connectivity index (χ0n) is 12.9. The van der Waals surface area contributed by atoms with Gasteiger partial charge in [-0.3, -0.25) is 4.79 Å². The molecule has 0 aromatic heterocycles. The molecule has 1 saturated heterocycles. The maximum atomic E-state index is 12.6. The Balaban J connectivity index is 1.61. The van der Waals surface area contributed by atoms with E-state index in [0.29, 0.717) is 37.4 Å². The molecule has 0 saturated carbocycles. The van der Waals surface area contributed by atoms with E-state index in [1.165, 1.54) is 0 Å². The van der Waals surface area contributed by atoms with Crippen molar-refractivity contribution in [2.45, 2.75) is 43.1 Å². The standard InChI is InChI=1S/C16H20N2O4S/c19-15-4-3-11-8-14(9-12-5-6-18(15)16(11)12)23(20,21)17-10-13-2-1-7-22-13/h8-9,13,17H,1-7,10H2. The molecule has 1 unspecified atom stereocenters. The van der Waals surface area contributed by atoms with Gasteiger partial charge in [-0.15, -0.1) is 0 Å². The van der Waals surface area contributed by atoms with E-state index in [1.54, 1.807) is 17.0 Å². The maximum Gasteiger partial charge on any atom is 0.240 e. The van der Waals surface area contributed by atoms with E-state index in [-0.39, 0.29) is 12.0 Å². The second kappa shape index (κ2) is 5.58. The summed E-state index contributed by atoms with van der Waals surface area (Å²) in [5.74, 6) is 0.142. The van der Waals surface area contributed by atoms with Crippen LogP contribution in [-0.2, 0) is 32.4 Å². The van der Waals surface area contributed by atoms with Crippen LogP contribution in [0.15, 0.2) is 17.0 Å². The monoisotopic (exact) mass is 336 g/mol.